The number of rotatable bonds is 2. The van der Waals surface area contributed by atoms with Crippen molar-refractivity contribution in [3.63, 3.8) is 0 Å². The first-order valence-electron chi connectivity index (χ1n) is 8.70. The maximum absolute atomic E-state index is 15.5. The van der Waals surface area contributed by atoms with E-state index in [9.17, 15) is 4.79 Å². The number of benzene rings is 1. The van der Waals surface area contributed by atoms with Gasteiger partial charge in [-0.2, -0.15) is 0 Å². The lowest BCUT2D eigenvalue weighted by atomic mass is 10.0. The highest BCUT2D eigenvalue weighted by atomic mass is 19.1. The van der Waals surface area contributed by atoms with Gasteiger partial charge in [0.15, 0.2) is 0 Å². The van der Waals surface area contributed by atoms with E-state index in [2.05, 4.69) is 24.0 Å². The van der Waals surface area contributed by atoms with Gasteiger partial charge in [0.05, 0.1) is 12.6 Å². The van der Waals surface area contributed by atoms with Gasteiger partial charge in [0.1, 0.15) is 5.60 Å². The normalized spacial score (nSPS) is 28.7. The highest BCUT2D eigenvalue weighted by Crippen LogP contribution is 2.43. The van der Waals surface area contributed by atoms with Crippen molar-refractivity contribution in [3.05, 3.63) is 35.9 Å². The summed E-state index contributed by atoms with van der Waals surface area (Å²) in [6, 6.07) is 10.1. The Morgan fingerprint density at radius 1 is 1.33 bits per heavy atom. The first kappa shape index (κ1) is 17.2. The molecule has 0 N–H and O–H groups in total. The van der Waals surface area contributed by atoms with Crippen LogP contribution in [0.4, 0.5) is 9.18 Å². The molecule has 0 radical (unpaired) electrons. The molecule has 1 aromatic rings. The van der Waals surface area contributed by atoms with Gasteiger partial charge >= 0.3 is 6.09 Å². The molecule has 2 saturated heterocycles. The van der Waals surface area contributed by atoms with Crippen LogP contribution in [0.25, 0.3) is 0 Å². The number of ether oxygens (including phenoxy) is 1. The van der Waals surface area contributed by atoms with Crippen LogP contribution in [-0.2, 0) is 4.74 Å². The zero-order valence-electron chi connectivity index (χ0n) is 15.0. The molecular weight excluding hydrogens is 307 g/mol. The predicted molar refractivity (Wildman–Crippen MR) is 91.4 cm³/mol. The molecule has 0 unspecified atom stereocenters. The van der Waals surface area contributed by atoms with Crippen LogP contribution in [-0.4, -0.2) is 46.4 Å². The summed E-state index contributed by atoms with van der Waals surface area (Å²) >= 11 is 0. The average molecular weight is 334 g/mol. The van der Waals surface area contributed by atoms with E-state index in [-0.39, 0.29) is 18.6 Å². The molecule has 3 rings (SSSR count). The number of carbonyl (C=O) groups is 1. The van der Waals surface area contributed by atoms with Crippen molar-refractivity contribution in [2.45, 2.75) is 64.0 Å². The lowest BCUT2D eigenvalue weighted by Crippen LogP contribution is -2.62. The quantitative estimate of drug-likeness (QED) is 0.763. The molecule has 5 heteroatoms. The molecule has 24 heavy (non-hydrogen) atoms. The number of hydrogen-bond donors (Lipinski definition) is 0. The summed E-state index contributed by atoms with van der Waals surface area (Å²) in [5.74, 6) is -1.63. The Balaban J connectivity index is 1.76. The molecule has 3 atom stereocenters. The maximum Gasteiger partial charge on any atom is 0.413 e. The van der Waals surface area contributed by atoms with Crippen molar-refractivity contribution in [3.8, 4) is 0 Å². The second-order valence-electron chi connectivity index (χ2n) is 7.98. The van der Waals surface area contributed by atoms with Gasteiger partial charge in [-0.3, -0.25) is 9.80 Å². The van der Waals surface area contributed by atoms with Crippen molar-refractivity contribution in [2.24, 2.45) is 0 Å². The van der Waals surface area contributed by atoms with Gasteiger partial charge < -0.3 is 4.74 Å². The summed E-state index contributed by atoms with van der Waals surface area (Å²) in [5.41, 5.74) is 0.563. The number of carbonyl (C=O) groups excluding carboxylic acids is 1. The van der Waals surface area contributed by atoms with Gasteiger partial charge in [-0.05, 0) is 39.7 Å². The Morgan fingerprint density at radius 2 is 2.00 bits per heavy atom. The Morgan fingerprint density at radius 3 is 2.58 bits per heavy atom. The molecule has 0 spiro atoms. The Hall–Kier alpha value is -1.62. The molecule has 2 bridgehead atoms. The van der Waals surface area contributed by atoms with Gasteiger partial charge in [0.2, 0.25) is 5.79 Å². The fraction of sp³-hybridized carbons (Fsp3) is 0.632. The third kappa shape index (κ3) is 3.27. The third-order valence-corrected chi connectivity index (χ3v) is 4.97. The highest BCUT2D eigenvalue weighted by molar-refractivity contribution is 5.70. The summed E-state index contributed by atoms with van der Waals surface area (Å²) in [6.45, 7) is 8.45. The van der Waals surface area contributed by atoms with E-state index in [4.69, 9.17) is 4.74 Å². The van der Waals surface area contributed by atoms with Crippen molar-refractivity contribution >= 4 is 6.09 Å². The molecule has 2 aliphatic rings. The summed E-state index contributed by atoms with van der Waals surface area (Å²) in [7, 11) is 0. The summed E-state index contributed by atoms with van der Waals surface area (Å²) in [6.07, 6.45) is 0.544. The number of nitrogens with zero attached hydrogens (tertiary/aromatic N) is 2. The van der Waals surface area contributed by atoms with Crippen LogP contribution < -0.4 is 0 Å². The van der Waals surface area contributed by atoms with Gasteiger partial charge in [0, 0.05) is 19.0 Å². The molecule has 0 aromatic heterocycles. The van der Waals surface area contributed by atoms with E-state index in [1.54, 1.807) is 0 Å². The zero-order chi connectivity index (χ0) is 17.5. The van der Waals surface area contributed by atoms with Crippen LogP contribution in [0.3, 0.4) is 0 Å². The molecule has 4 nitrogen and oxygen atoms in total. The molecule has 0 aliphatic carbocycles. The van der Waals surface area contributed by atoms with Crippen LogP contribution in [0.2, 0.25) is 0 Å². The first-order chi connectivity index (χ1) is 11.2. The molecule has 2 heterocycles. The molecule has 1 amide bonds. The highest BCUT2D eigenvalue weighted by Gasteiger charge is 2.56. The van der Waals surface area contributed by atoms with Gasteiger partial charge in [0.25, 0.3) is 0 Å². The van der Waals surface area contributed by atoms with Crippen LogP contribution in [0.5, 0.6) is 0 Å². The van der Waals surface area contributed by atoms with E-state index in [1.807, 2.05) is 39.0 Å². The number of amides is 1. The van der Waals surface area contributed by atoms with Gasteiger partial charge in [-0.1, -0.05) is 30.3 Å². The largest absolute Gasteiger partial charge is 0.444 e. The minimum Gasteiger partial charge on any atom is -0.444 e. The summed E-state index contributed by atoms with van der Waals surface area (Å²) in [4.78, 5) is 16.0. The number of piperazine rings is 1. The number of fused-ring (bicyclic) bond motifs is 2. The second kappa shape index (κ2) is 6.03. The number of halogens is 1. The Labute approximate surface area is 143 Å². The SMILES string of the molecule is C[C@H](c1ccccc1)N1C[C@@H]2CC[C@](F)(C1)N2C(=O)OC(C)(C)C. The number of alkyl halides is 1. The van der Waals surface area contributed by atoms with E-state index in [1.165, 1.54) is 10.5 Å². The number of hydrogen-bond acceptors (Lipinski definition) is 3. The van der Waals surface area contributed by atoms with Crippen LogP contribution in [0, 0.1) is 0 Å². The Kier molecular flexibility index (Phi) is 4.32. The molecule has 2 aliphatic heterocycles. The third-order valence-electron chi connectivity index (χ3n) is 4.97. The average Bonchev–Trinajstić information content (AvgIpc) is 2.71. The fourth-order valence-corrected chi connectivity index (χ4v) is 3.80. The van der Waals surface area contributed by atoms with Crippen LogP contribution in [0.1, 0.15) is 52.1 Å². The van der Waals surface area contributed by atoms with Crippen molar-refractivity contribution < 1.29 is 13.9 Å². The van der Waals surface area contributed by atoms with Crippen LogP contribution >= 0.6 is 0 Å². The molecule has 2 fully saturated rings. The molecule has 1 aromatic carbocycles. The Bertz CT molecular complexity index is 601. The van der Waals surface area contributed by atoms with Crippen molar-refractivity contribution in [1.82, 2.24) is 9.80 Å². The van der Waals surface area contributed by atoms with Crippen molar-refractivity contribution in [1.29, 1.82) is 0 Å². The van der Waals surface area contributed by atoms with E-state index in [0.717, 1.165) is 0 Å². The molecule has 0 saturated carbocycles. The van der Waals surface area contributed by atoms with E-state index in [0.29, 0.717) is 19.4 Å². The lowest BCUT2D eigenvalue weighted by Gasteiger charge is -2.46. The van der Waals surface area contributed by atoms with Gasteiger partial charge in [-0.15, -0.1) is 0 Å². The summed E-state index contributed by atoms with van der Waals surface area (Å²) in [5, 5.41) is 0. The maximum atomic E-state index is 15.5. The zero-order valence-corrected chi connectivity index (χ0v) is 15.0. The molecular formula is C19H27FN2O2. The molecule has 132 valence electrons. The van der Waals surface area contributed by atoms with Crippen molar-refractivity contribution in [2.75, 3.05) is 13.1 Å². The minimum absolute atomic E-state index is 0.121. The monoisotopic (exact) mass is 334 g/mol. The summed E-state index contributed by atoms with van der Waals surface area (Å²) < 4.78 is 21.0. The second-order valence-corrected chi connectivity index (χ2v) is 7.98. The lowest BCUT2D eigenvalue weighted by molar-refractivity contribution is -0.0939. The minimum atomic E-state index is -1.63. The van der Waals surface area contributed by atoms with E-state index < -0.39 is 17.5 Å². The van der Waals surface area contributed by atoms with E-state index >= 15 is 4.39 Å². The standard InChI is InChI=1S/C19H27FN2O2/c1-14(15-8-6-5-7-9-15)21-12-16-10-11-19(20,13-21)22(16)17(23)24-18(2,3)4/h5-9,14,16H,10-13H2,1-4H3/t14-,16+,19-/m1/s1. The van der Waals surface area contributed by atoms with Gasteiger partial charge in [-0.25, -0.2) is 9.18 Å². The number of likely N-dealkylation sites (tertiary alicyclic amines) is 1. The fourth-order valence-electron chi connectivity index (χ4n) is 3.80. The topological polar surface area (TPSA) is 32.8 Å². The first-order valence-corrected chi connectivity index (χ1v) is 8.70. The predicted octanol–water partition coefficient (Wildman–Crippen LogP) is 4.13. The van der Waals surface area contributed by atoms with Crippen LogP contribution in [0.15, 0.2) is 30.3 Å². The smallest absolute Gasteiger partial charge is 0.413 e.